The van der Waals surface area contributed by atoms with Crippen LogP contribution in [0.1, 0.15) is 0 Å². The molecule has 0 spiro atoms. The summed E-state index contributed by atoms with van der Waals surface area (Å²) in [7, 11) is 0. The van der Waals surface area contributed by atoms with E-state index < -0.39 is 12.2 Å². The molecule has 3 nitrogen and oxygen atoms in total. The molecule has 0 aromatic rings. The van der Waals surface area contributed by atoms with E-state index >= 15 is 0 Å². The van der Waals surface area contributed by atoms with Crippen molar-refractivity contribution in [1.29, 1.82) is 0 Å². The quantitative estimate of drug-likeness (QED) is 0.209. The third-order valence-electron chi connectivity index (χ3n) is 0.785. The van der Waals surface area contributed by atoms with Gasteiger partial charge < -0.3 is 4.74 Å². The maximum atomic E-state index is 10.5. The minimum Gasteiger partial charge on any atom is -0.432 e. The molecule has 0 aromatic heterocycles. The highest BCUT2D eigenvalue weighted by Gasteiger charge is 2.03. The summed E-state index contributed by atoms with van der Waals surface area (Å²) in [4.78, 5) is 14.0. The van der Waals surface area contributed by atoms with Crippen molar-refractivity contribution in [2.75, 3.05) is 0 Å². The number of hydrogen-bond donors (Lipinski definition) is 0. The van der Waals surface area contributed by atoms with Crippen molar-refractivity contribution in [1.82, 2.24) is 0 Å². The van der Waals surface area contributed by atoms with Crippen molar-refractivity contribution >= 4 is 23.3 Å². The van der Waals surface area contributed by atoms with Gasteiger partial charge in [-0.05, 0) is 18.3 Å². The van der Waals surface area contributed by atoms with E-state index in [9.17, 15) is 4.79 Å². The Kier molecular flexibility index (Phi) is 4.90. The van der Waals surface area contributed by atoms with Gasteiger partial charge in [-0.1, -0.05) is 13.2 Å². The second-order valence-electron chi connectivity index (χ2n) is 1.49. The van der Waals surface area contributed by atoms with Crippen LogP contribution in [-0.4, -0.2) is 17.4 Å². The Morgan fingerprint density at radius 2 is 2.36 bits per heavy atom. The number of ether oxygens (including phenoxy) is 1. The van der Waals surface area contributed by atoms with Crippen LogP contribution in [0.3, 0.4) is 0 Å². The summed E-state index contributed by atoms with van der Waals surface area (Å²) in [6.07, 6.45) is 1.62. The van der Waals surface area contributed by atoms with Crippen LogP contribution in [0.25, 0.3) is 0 Å². The van der Waals surface area contributed by atoms with E-state index in [1.165, 1.54) is 6.08 Å². The number of nitrogens with zero attached hydrogens (tertiary/aromatic N) is 1. The van der Waals surface area contributed by atoms with Gasteiger partial charge in [-0.15, -0.1) is 0 Å². The molecule has 1 unspecified atom stereocenters. The number of carbonyl (C=O) groups excluding carboxylic acids is 1. The highest BCUT2D eigenvalue weighted by atomic mass is 32.1. The molecule has 58 valence electrons. The third kappa shape index (κ3) is 4.19. The molecule has 1 atom stereocenters. The van der Waals surface area contributed by atoms with Crippen LogP contribution in [0, 0.1) is 0 Å². The van der Waals surface area contributed by atoms with E-state index in [0.717, 1.165) is 6.08 Å². The molecular weight excluding hydrogens is 162 g/mol. The van der Waals surface area contributed by atoms with Crippen LogP contribution in [-0.2, 0) is 9.53 Å². The molecular formula is C7H7NO2S. The van der Waals surface area contributed by atoms with Gasteiger partial charge in [-0.3, -0.25) is 0 Å². The molecule has 0 aliphatic heterocycles. The largest absolute Gasteiger partial charge is 0.432 e. The summed E-state index contributed by atoms with van der Waals surface area (Å²) >= 11 is 4.30. The molecule has 0 fully saturated rings. The fourth-order valence-electron chi connectivity index (χ4n) is 0.346. The Morgan fingerprint density at radius 3 is 2.73 bits per heavy atom. The average Bonchev–Trinajstić information content (AvgIpc) is 2.03. The van der Waals surface area contributed by atoms with E-state index in [-0.39, 0.29) is 0 Å². The van der Waals surface area contributed by atoms with Crippen LogP contribution in [0.15, 0.2) is 30.3 Å². The van der Waals surface area contributed by atoms with Crippen LogP contribution < -0.4 is 0 Å². The lowest BCUT2D eigenvalue weighted by atomic mass is 10.5. The lowest BCUT2D eigenvalue weighted by molar-refractivity contribution is -0.140. The summed E-state index contributed by atoms with van der Waals surface area (Å²) in [5.74, 6) is -0.566. The van der Waals surface area contributed by atoms with Gasteiger partial charge in [0.2, 0.25) is 6.23 Å². The second kappa shape index (κ2) is 5.53. The van der Waals surface area contributed by atoms with E-state index in [0.29, 0.717) is 0 Å². The summed E-state index contributed by atoms with van der Waals surface area (Å²) in [6.45, 7) is 6.59. The Bertz CT molecular complexity index is 218. The normalized spacial score (nSPS) is 10.5. The molecule has 0 radical (unpaired) electrons. The van der Waals surface area contributed by atoms with E-state index in [1.807, 2.05) is 0 Å². The first-order chi connectivity index (χ1) is 5.24. The SMILES string of the molecule is C=CC(=O)OC(C=C)N=C=S. The predicted octanol–water partition coefficient (Wildman–Crippen LogP) is 1.33. The number of thiocarbonyl (C=S) groups is 1. The Hall–Kier alpha value is -1.25. The maximum Gasteiger partial charge on any atom is 0.332 e. The van der Waals surface area contributed by atoms with Crippen molar-refractivity contribution in [3.05, 3.63) is 25.3 Å². The maximum absolute atomic E-state index is 10.5. The van der Waals surface area contributed by atoms with Crippen molar-refractivity contribution < 1.29 is 9.53 Å². The molecule has 0 aliphatic rings. The molecule has 0 rings (SSSR count). The summed E-state index contributed by atoms with van der Waals surface area (Å²) in [5, 5.41) is 2.07. The molecule has 4 heteroatoms. The van der Waals surface area contributed by atoms with Crippen LogP contribution >= 0.6 is 12.2 Å². The highest BCUT2D eigenvalue weighted by Crippen LogP contribution is 1.94. The van der Waals surface area contributed by atoms with Crippen molar-refractivity contribution in [2.45, 2.75) is 6.23 Å². The van der Waals surface area contributed by atoms with Crippen molar-refractivity contribution in [2.24, 2.45) is 4.99 Å². The Balaban J connectivity index is 4.07. The zero-order valence-corrected chi connectivity index (χ0v) is 6.63. The van der Waals surface area contributed by atoms with Gasteiger partial charge in [0.25, 0.3) is 0 Å². The minimum absolute atomic E-state index is 0.566. The molecule has 0 aliphatic carbocycles. The second-order valence-corrected chi connectivity index (χ2v) is 1.67. The number of hydrogen-bond acceptors (Lipinski definition) is 4. The first-order valence-electron chi connectivity index (χ1n) is 2.77. The zero-order chi connectivity index (χ0) is 8.69. The molecule has 0 aromatic carbocycles. The highest BCUT2D eigenvalue weighted by molar-refractivity contribution is 7.78. The van der Waals surface area contributed by atoms with Gasteiger partial charge in [-0.2, -0.15) is 4.99 Å². The number of aliphatic imine (C=N–C) groups is 1. The van der Waals surface area contributed by atoms with Crippen molar-refractivity contribution in [3.8, 4) is 0 Å². The molecule has 0 saturated heterocycles. The van der Waals surface area contributed by atoms with E-state index in [2.05, 4.69) is 40.3 Å². The first kappa shape index (κ1) is 9.75. The molecule has 0 heterocycles. The molecule has 11 heavy (non-hydrogen) atoms. The number of rotatable bonds is 4. The molecule has 0 amide bonds. The van der Waals surface area contributed by atoms with Gasteiger partial charge >= 0.3 is 5.97 Å². The Morgan fingerprint density at radius 1 is 1.73 bits per heavy atom. The fourth-order valence-corrected chi connectivity index (χ4v) is 0.450. The summed E-state index contributed by atoms with van der Waals surface area (Å²) < 4.78 is 4.62. The monoisotopic (exact) mass is 169 g/mol. The number of carbonyl (C=O) groups is 1. The molecule has 0 N–H and O–H groups in total. The lowest BCUT2D eigenvalue weighted by Crippen LogP contribution is -2.10. The number of esters is 1. The van der Waals surface area contributed by atoms with Gasteiger partial charge in [0.05, 0.1) is 5.16 Å². The molecule has 0 bridgehead atoms. The van der Waals surface area contributed by atoms with E-state index in [4.69, 9.17) is 0 Å². The first-order valence-corrected chi connectivity index (χ1v) is 3.18. The fraction of sp³-hybridized carbons (Fsp3) is 0.143. The molecule has 0 saturated carbocycles. The number of isothiocyanates is 1. The van der Waals surface area contributed by atoms with Crippen LogP contribution in [0.4, 0.5) is 0 Å². The summed E-state index contributed by atoms with van der Waals surface area (Å²) in [5.41, 5.74) is 0. The van der Waals surface area contributed by atoms with Gasteiger partial charge in [-0.25, -0.2) is 4.79 Å². The van der Waals surface area contributed by atoms with E-state index in [1.54, 1.807) is 0 Å². The lowest BCUT2D eigenvalue weighted by Gasteiger charge is -2.03. The van der Waals surface area contributed by atoms with Gasteiger partial charge in [0, 0.05) is 6.08 Å². The summed E-state index contributed by atoms with van der Waals surface area (Å²) in [6, 6.07) is 0. The predicted molar refractivity (Wildman–Crippen MR) is 45.3 cm³/mol. The minimum atomic E-state index is -0.752. The van der Waals surface area contributed by atoms with Crippen LogP contribution in [0.5, 0.6) is 0 Å². The van der Waals surface area contributed by atoms with Gasteiger partial charge in [0.15, 0.2) is 0 Å². The third-order valence-corrected chi connectivity index (χ3v) is 0.891. The van der Waals surface area contributed by atoms with Crippen LogP contribution in [0.2, 0.25) is 0 Å². The van der Waals surface area contributed by atoms with Crippen molar-refractivity contribution in [3.63, 3.8) is 0 Å². The Labute approximate surface area is 70.1 Å². The topological polar surface area (TPSA) is 38.7 Å². The smallest absolute Gasteiger partial charge is 0.332 e. The standard InChI is InChI=1S/C7H7NO2S/c1-3-6(8-5-11)10-7(9)4-2/h3-4,6H,1-2H2. The average molecular weight is 169 g/mol. The zero-order valence-electron chi connectivity index (χ0n) is 5.82. The van der Waals surface area contributed by atoms with Gasteiger partial charge in [0.1, 0.15) is 0 Å².